The van der Waals surface area contributed by atoms with Gasteiger partial charge in [-0.15, -0.1) is 0 Å². The van der Waals surface area contributed by atoms with Crippen LogP contribution < -0.4 is 15.4 Å². The average molecular weight is 501 g/mol. The lowest BCUT2D eigenvalue weighted by atomic mass is 9.92. The Morgan fingerprint density at radius 3 is 2.67 bits per heavy atom. The highest BCUT2D eigenvalue weighted by molar-refractivity contribution is 5.98. The van der Waals surface area contributed by atoms with Gasteiger partial charge in [-0.3, -0.25) is 9.59 Å². The maximum Gasteiger partial charge on any atom is 0.255 e. The number of aliphatic hydroxyl groups excluding tert-OH is 1. The highest BCUT2D eigenvalue weighted by Gasteiger charge is 2.30. The maximum atomic E-state index is 14.8. The molecule has 8 nitrogen and oxygen atoms in total. The summed E-state index contributed by atoms with van der Waals surface area (Å²) in [5.74, 6) is -0.850. The standard InChI is InChI=1S/C27H33FN2O6/c1-34-11-9-29-26(32)20-7-6-16(13-22(20)28)12-17-14-21(25(35-2)19-5-3-4-18(17)19)27(33)30-23-8-10-36-15-24(23)31/h6-7,13-14,23-24,31H,3-5,8-12,15H2,1-2H3,(H,29,32)(H,30,33)/t23-,24-/m0/s1. The quantitative estimate of drug-likeness (QED) is 0.456. The van der Waals surface area contributed by atoms with Gasteiger partial charge in [0.15, 0.2) is 0 Å². The Labute approximate surface area is 210 Å². The number of rotatable bonds is 9. The Balaban J connectivity index is 1.59. The van der Waals surface area contributed by atoms with Crippen LogP contribution in [-0.2, 0) is 28.7 Å². The van der Waals surface area contributed by atoms with Crippen molar-refractivity contribution in [1.82, 2.24) is 10.6 Å². The molecular formula is C27H33FN2O6. The van der Waals surface area contributed by atoms with E-state index in [2.05, 4.69) is 10.6 Å². The lowest BCUT2D eigenvalue weighted by Crippen LogP contribution is -2.48. The molecule has 2 aliphatic rings. The Bertz CT molecular complexity index is 1120. The van der Waals surface area contributed by atoms with Crippen LogP contribution in [0.25, 0.3) is 0 Å². The Morgan fingerprint density at radius 2 is 1.94 bits per heavy atom. The van der Waals surface area contributed by atoms with E-state index < -0.39 is 23.9 Å². The molecule has 1 aliphatic carbocycles. The molecular weight excluding hydrogens is 467 g/mol. The van der Waals surface area contributed by atoms with Gasteiger partial charge >= 0.3 is 0 Å². The molecule has 1 saturated heterocycles. The van der Waals surface area contributed by atoms with Gasteiger partial charge in [0.2, 0.25) is 0 Å². The predicted molar refractivity (Wildman–Crippen MR) is 131 cm³/mol. The topological polar surface area (TPSA) is 106 Å². The van der Waals surface area contributed by atoms with Gasteiger partial charge < -0.3 is 30.0 Å². The van der Waals surface area contributed by atoms with Crippen LogP contribution in [0.3, 0.4) is 0 Å². The van der Waals surface area contributed by atoms with E-state index in [1.54, 1.807) is 13.2 Å². The molecule has 2 aromatic carbocycles. The second-order valence-electron chi connectivity index (χ2n) is 9.18. The molecule has 9 heteroatoms. The van der Waals surface area contributed by atoms with E-state index in [9.17, 15) is 19.1 Å². The molecule has 0 spiro atoms. The summed E-state index contributed by atoms with van der Waals surface area (Å²) >= 11 is 0. The number of fused-ring (bicyclic) bond motifs is 1. The van der Waals surface area contributed by atoms with Crippen molar-refractivity contribution in [2.45, 2.75) is 44.2 Å². The lowest BCUT2D eigenvalue weighted by molar-refractivity contribution is -0.0261. The van der Waals surface area contributed by atoms with Crippen LogP contribution in [-0.4, -0.2) is 69.7 Å². The monoisotopic (exact) mass is 500 g/mol. The molecule has 0 unspecified atom stereocenters. The largest absolute Gasteiger partial charge is 0.496 e. The third-order valence-electron chi connectivity index (χ3n) is 6.80. The molecule has 4 rings (SSSR count). The first-order chi connectivity index (χ1) is 17.4. The van der Waals surface area contributed by atoms with Crippen molar-refractivity contribution in [3.05, 3.63) is 63.5 Å². The van der Waals surface area contributed by atoms with Crippen LogP contribution in [0.2, 0.25) is 0 Å². The van der Waals surface area contributed by atoms with E-state index in [-0.39, 0.29) is 18.1 Å². The number of amides is 2. The van der Waals surface area contributed by atoms with Crippen molar-refractivity contribution < 1.29 is 33.3 Å². The Hall–Kier alpha value is -3.01. The van der Waals surface area contributed by atoms with Crippen LogP contribution >= 0.6 is 0 Å². The fourth-order valence-corrected chi connectivity index (χ4v) is 4.97. The van der Waals surface area contributed by atoms with Gasteiger partial charge in [0, 0.05) is 20.3 Å². The second kappa shape index (κ2) is 11.8. The van der Waals surface area contributed by atoms with Gasteiger partial charge in [0.25, 0.3) is 11.8 Å². The van der Waals surface area contributed by atoms with Crippen LogP contribution in [0.4, 0.5) is 4.39 Å². The highest BCUT2D eigenvalue weighted by Crippen LogP contribution is 2.37. The summed E-state index contributed by atoms with van der Waals surface area (Å²) in [4.78, 5) is 25.5. The summed E-state index contributed by atoms with van der Waals surface area (Å²) in [6.07, 6.45) is 2.76. The molecule has 1 aliphatic heterocycles. The number of benzene rings is 2. The van der Waals surface area contributed by atoms with Gasteiger partial charge in [-0.05, 0) is 72.6 Å². The summed E-state index contributed by atoms with van der Waals surface area (Å²) < 4.78 is 30.6. The summed E-state index contributed by atoms with van der Waals surface area (Å²) in [6.45, 7) is 1.30. The molecule has 0 saturated carbocycles. The minimum Gasteiger partial charge on any atom is -0.496 e. The van der Waals surface area contributed by atoms with Crippen molar-refractivity contribution in [2.24, 2.45) is 0 Å². The zero-order valence-corrected chi connectivity index (χ0v) is 20.7. The number of methoxy groups -OCH3 is 2. The molecule has 1 heterocycles. The van der Waals surface area contributed by atoms with Gasteiger partial charge in [0.05, 0.1) is 43.6 Å². The van der Waals surface area contributed by atoms with Crippen molar-refractivity contribution >= 4 is 11.8 Å². The zero-order valence-electron chi connectivity index (χ0n) is 20.7. The lowest BCUT2D eigenvalue weighted by Gasteiger charge is -2.29. The van der Waals surface area contributed by atoms with Gasteiger partial charge in [-0.1, -0.05) is 6.07 Å². The Morgan fingerprint density at radius 1 is 1.14 bits per heavy atom. The number of hydrogen-bond donors (Lipinski definition) is 3. The van der Waals surface area contributed by atoms with E-state index >= 15 is 0 Å². The van der Waals surface area contributed by atoms with Crippen molar-refractivity contribution in [3.8, 4) is 5.75 Å². The van der Waals surface area contributed by atoms with Gasteiger partial charge in [-0.25, -0.2) is 4.39 Å². The molecule has 36 heavy (non-hydrogen) atoms. The number of ether oxygens (including phenoxy) is 3. The molecule has 1 fully saturated rings. The molecule has 194 valence electrons. The van der Waals surface area contributed by atoms with Crippen LogP contribution in [0.1, 0.15) is 55.8 Å². The molecule has 0 aromatic heterocycles. The fraction of sp³-hybridized carbons (Fsp3) is 0.481. The third kappa shape index (κ3) is 5.69. The third-order valence-corrected chi connectivity index (χ3v) is 6.80. The van der Waals surface area contributed by atoms with E-state index in [1.165, 1.54) is 19.2 Å². The molecule has 3 N–H and O–H groups in total. The summed E-state index contributed by atoms with van der Waals surface area (Å²) in [7, 11) is 3.08. The minimum absolute atomic E-state index is 0.0232. The zero-order chi connectivity index (χ0) is 25.7. The molecule has 2 atom stereocenters. The van der Waals surface area contributed by atoms with Gasteiger partial charge in [0.1, 0.15) is 11.6 Å². The summed E-state index contributed by atoms with van der Waals surface area (Å²) in [5, 5.41) is 15.8. The molecule has 2 amide bonds. The Kier molecular flexibility index (Phi) is 8.56. The van der Waals surface area contributed by atoms with E-state index in [1.807, 2.05) is 6.07 Å². The number of aliphatic hydroxyl groups is 1. The van der Waals surface area contributed by atoms with Gasteiger partial charge in [-0.2, -0.15) is 0 Å². The average Bonchev–Trinajstić information content (AvgIpc) is 3.36. The number of carbonyl (C=O) groups excluding carboxylic acids is 2. The first kappa shape index (κ1) is 26.1. The van der Waals surface area contributed by atoms with Crippen LogP contribution in [0.5, 0.6) is 5.75 Å². The van der Waals surface area contributed by atoms with Crippen molar-refractivity contribution in [3.63, 3.8) is 0 Å². The number of carbonyl (C=O) groups is 2. The molecule has 2 aromatic rings. The first-order valence-corrected chi connectivity index (χ1v) is 12.3. The van der Waals surface area contributed by atoms with Crippen molar-refractivity contribution in [1.29, 1.82) is 0 Å². The number of halogens is 1. The minimum atomic E-state index is -0.768. The number of hydrogen-bond acceptors (Lipinski definition) is 6. The summed E-state index contributed by atoms with van der Waals surface area (Å²) in [5.41, 5.74) is 4.13. The van der Waals surface area contributed by atoms with Crippen LogP contribution in [0.15, 0.2) is 24.3 Å². The summed E-state index contributed by atoms with van der Waals surface area (Å²) in [6, 6.07) is 6.00. The normalized spacial score (nSPS) is 19.0. The SMILES string of the molecule is COCCNC(=O)c1ccc(Cc2cc(C(=O)N[C@H]3CCOC[C@@H]3O)c(OC)c3c2CCC3)cc1F. The van der Waals surface area contributed by atoms with E-state index in [4.69, 9.17) is 14.2 Å². The fourth-order valence-electron chi connectivity index (χ4n) is 4.97. The van der Waals surface area contributed by atoms with Crippen molar-refractivity contribution in [2.75, 3.05) is 40.6 Å². The maximum absolute atomic E-state index is 14.8. The predicted octanol–water partition coefficient (Wildman–Crippen LogP) is 2.17. The molecule has 0 radical (unpaired) electrons. The highest BCUT2D eigenvalue weighted by atomic mass is 19.1. The number of nitrogens with one attached hydrogen (secondary N) is 2. The smallest absolute Gasteiger partial charge is 0.255 e. The van der Waals surface area contributed by atoms with Crippen LogP contribution in [0, 0.1) is 5.82 Å². The molecule has 0 bridgehead atoms. The van der Waals surface area contributed by atoms with E-state index in [0.717, 1.165) is 36.0 Å². The second-order valence-corrected chi connectivity index (χ2v) is 9.18. The first-order valence-electron chi connectivity index (χ1n) is 12.3. The van der Waals surface area contributed by atoms with E-state index in [0.29, 0.717) is 49.5 Å².